The zero-order valence-electron chi connectivity index (χ0n) is 22.2. The predicted molar refractivity (Wildman–Crippen MR) is 139 cm³/mol. The number of piperidine rings is 2. The fourth-order valence-electron chi connectivity index (χ4n) is 6.92. The molecular formula is C29H40N4O4. The van der Waals surface area contributed by atoms with Crippen LogP contribution in [0.15, 0.2) is 18.2 Å². The summed E-state index contributed by atoms with van der Waals surface area (Å²) in [6.07, 6.45) is 8.07. The first-order valence-electron chi connectivity index (χ1n) is 14.2. The average Bonchev–Trinajstić information content (AvgIpc) is 3.15. The van der Waals surface area contributed by atoms with Crippen molar-refractivity contribution in [3.05, 3.63) is 29.3 Å². The zero-order valence-corrected chi connectivity index (χ0v) is 22.2. The molecule has 0 spiro atoms. The molecule has 6 rings (SSSR count). The van der Waals surface area contributed by atoms with Crippen LogP contribution in [0.3, 0.4) is 0 Å². The SMILES string of the molecule is CC1(C)CCN(C2CN([C@H]3CCCC[C@@H]3Oc3ccc4c(c3)CN(C3CCC(=O)NC3=O)C4=O)C2)CC1. The van der Waals surface area contributed by atoms with Crippen LogP contribution in [0.4, 0.5) is 0 Å². The first-order chi connectivity index (χ1) is 17.8. The second-order valence-corrected chi connectivity index (χ2v) is 12.5. The summed E-state index contributed by atoms with van der Waals surface area (Å²) in [6.45, 7) is 9.90. The Morgan fingerprint density at radius 2 is 1.73 bits per heavy atom. The second-order valence-electron chi connectivity index (χ2n) is 12.5. The van der Waals surface area contributed by atoms with Crippen LogP contribution in [0.5, 0.6) is 5.75 Å². The maximum absolute atomic E-state index is 13.0. The normalized spacial score (nSPS) is 31.1. The molecule has 5 aliphatic rings. The van der Waals surface area contributed by atoms with E-state index in [1.807, 2.05) is 18.2 Å². The van der Waals surface area contributed by atoms with Gasteiger partial charge in [0, 0.05) is 43.7 Å². The highest BCUT2D eigenvalue weighted by molar-refractivity contribution is 6.05. The molecule has 4 fully saturated rings. The number of ether oxygens (including phenoxy) is 1. The Labute approximate surface area is 219 Å². The van der Waals surface area contributed by atoms with Crippen molar-refractivity contribution in [1.82, 2.24) is 20.0 Å². The summed E-state index contributed by atoms with van der Waals surface area (Å²) in [7, 11) is 0. The first kappa shape index (κ1) is 24.9. The minimum Gasteiger partial charge on any atom is -0.489 e. The molecular weight excluding hydrogens is 468 g/mol. The zero-order chi connectivity index (χ0) is 25.7. The van der Waals surface area contributed by atoms with E-state index in [9.17, 15) is 14.4 Å². The molecule has 1 aromatic rings. The summed E-state index contributed by atoms with van der Waals surface area (Å²) < 4.78 is 6.60. The van der Waals surface area contributed by atoms with E-state index in [4.69, 9.17) is 4.74 Å². The largest absolute Gasteiger partial charge is 0.489 e. The van der Waals surface area contributed by atoms with Crippen LogP contribution >= 0.6 is 0 Å². The summed E-state index contributed by atoms with van der Waals surface area (Å²) in [5, 5.41) is 2.37. The van der Waals surface area contributed by atoms with E-state index in [-0.39, 0.29) is 30.2 Å². The smallest absolute Gasteiger partial charge is 0.255 e. The summed E-state index contributed by atoms with van der Waals surface area (Å²) in [6, 6.07) is 6.28. The lowest BCUT2D eigenvalue weighted by molar-refractivity contribution is -0.136. The van der Waals surface area contributed by atoms with E-state index in [1.165, 1.54) is 45.2 Å². The van der Waals surface area contributed by atoms with Crippen molar-refractivity contribution in [2.75, 3.05) is 26.2 Å². The third-order valence-electron chi connectivity index (χ3n) is 9.48. The molecule has 4 aliphatic heterocycles. The molecule has 200 valence electrons. The van der Waals surface area contributed by atoms with Gasteiger partial charge in [0.15, 0.2) is 0 Å². The molecule has 1 N–H and O–H groups in total. The number of nitrogens with zero attached hydrogens (tertiary/aromatic N) is 3. The maximum atomic E-state index is 13.0. The summed E-state index contributed by atoms with van der Waals surface area (Å²) in [4.78, 5) is 43.8. The minimum atomic E-state index is -0.588. The molecule has 8 nitrogen and oxygen atoms in total. The van der Waals surface area contributed by atoms with Crippen molar-refractivity contribution < 1.29 is 19.1 Å². The number of rotatable bonds is 5. The fraction of sp³-hybridized carbons (Fsp3) is 0.690. The van der Waals surface area contributed by atoms with Gasteiger partial charge in [0.05, 0.1) is 0 Å². The molecule has 3 atom stereocenters. The molecule has 1 aliphatic carbocycles. The van der Waals surface area contributed by atoms with E-state index in [2.05, 4.69) is 29.0 Å². The van der Waals surface area contributed by atoms with Crippen molar-refractivity contribution >= 4 is 17.7 Å². The Morgan fingerprint density at radius 3 is 2.49 bits per heavy atom. The molecule has 4 heterocycles. The molecule has 37 heavy (non-hydrogen) atoms. The van der Waals surface area contributed by atoms with Gasteiger partial charge in [0.25, 0.3) is 5.91 Å². The fourth-order valence-corrected chi connectivity index (χ4v) is 6.92. The van der Waals surface area contributed by atoms with Crippen molar-refractivity contribution in [3.63, 3.8) is 0 Å². The van der Waals surface area contributed by atoms with Crippen molar-refractivity contribution in [3.8, 4) is 5.75 Å². The van der Waals surface area contributed by atoms with Crippen LogP contribution in [-0.2, 0) is 16.1 Å². The van der Waals surface area contributed by atoms with Crippen LogP contribution in [0.25, 0.3) is 0 Å². The average molecular weight is 509 g/mol. The van der Waals surface area contributed by atoms with Crippen LogP contribution in [0.1, 0.15) is 81.1 Å². The van der Waals surface area contributed by atoms with Crippen molar-refractivity contribution in [1.29, 1.82) is 0 Å². The Hall–Kier alpha value is -2.45. The second kappa shape index (κ2) is 9.70. The lowest BCUT2D eigenvalue weighted by Gasteiger charge is -2.53. The Morgan fingerprint density at radius 1 is 0.973 bits per heavy atom. The van der Waals surface area contributed by atoms with E-state index in [0.29, 0.717) is 36.0 Å². The van der Waals surface area contributed by atoms with E-state index >= 15 is 0 Å². The number of carbonyl (C=O) groups is 3. The molecule has 0 bridgehead atoms. The quantitative estimate of drug-likeness (QED) is 0.616. The topological polar surface area (TPSA) is 82.2 Å². The number of benzene rings is 1. The molecule has 1 unspecified atom stereocenters. The number of imide groups is 1. The van der Waals surface area contributed by atoms with Gasteiger partial charge >= 0.3 is 0 Å². The lowest BCUT2D eigenvalue weighted by atomic mass is 9.81. The number of carbonyl (C=O) groups excluding carboxylic acids is 3. The lowest BCUT2D eigenvalue weighted by Crippen LogP contribution is -2.66. The Kier molecular flexibility index (Phi) is 6.51. The highest BCUT2D eigenvalue weighted by Crippen LogP contribution is 2.36. The number of nitrogens with one attached hydrogen (secondary N) is 1. The van der Waals surface area contributed by atoms with Crippen LogP contribution in [-0.4, -0.2) is 82.8 Å². The standard InChI is InChI=1S/C29H40N4O4/c1-29(2)11-13-31(14-12-29)20-17-32(18-20)23-5-3-4-6-25(23)37-21-7-8-22-19(15-21)16-33(28(22)36)24-9-10-26(34)30-27(24)35/h7-8,15,20,23-25H,3-6,9-14,16-18H2,1-2H3,(H,30,34,35)/t23-,24?,25-/m0/s1. The van der Waals surface area contributed by atoms with Gasteiger partial charge in [0.1, 0.15) is 17.9 Å². The third kappa shape index (κ3) is 4.90. The van der Waals surface area contributed by atoms with E-state index < -0.39 is 6.04 Å². The summed E-state index contributed by atoms with van der Waals surface area (Å²) in [5.74, 6) is 0.0276. The van der Waals surface area contributed by atoms with Crippen molar-refractivity contribution in [2.24, 2.45) is 5.41 Å². The number of hydrogen-bond acceptors (Lipinski definition) is 6. The number of likely N-dealkylation sites (tertiary alicyclic amines) is 2. The molecule has 0 aromatic heterocycles. The van der Waals surface area contributed by atoms with Crippen LogP contribution < -0.4 is 10.1 Å². The summed E-state index contributed by atoms with van der Waals surface area (Å²) >= 11 is 0. The van der Waals surface area contributed by atoms with Gasteiger partial charge in [-0.3, -0.25) is 29.5 Å². The molecule has 1 saturated carbocycles. The van der Waals surface area contributed by atoms with Crippen LogP contribution in [0.2, 0.25) is 0 Å². The monoisotopic (exact) mass is 508 g/mol. The molecule has 8 heteroatoms. The highest BCUT2D eigenvalue weighted by Gasteiger charge is 2.43. The highest BCUT2D eigenvalue weighted by atomic mass is 16.5. The van der Waals surface area contributed by atoms with Crippen molar-refractivity contribution in [2.45, 2.75) is 96.0 Å². The third-order valence-corrected chi connectivity index (χ3v) is 9.48. The van der Waals surface area contributed by atoms with E-state index in [0.717, 1.165) is 30.8 Å². The Bertz CT molecular complexity index is 1070. The van der Waals surface area contributed by atoms with Gasteiger partial charge in [-0.15, -0.1) is 0 Å². The molecule has 0 radical (unpaired) electrons. The number of hydrogen-bond donors (Lipinski definition) is 1. The van der Waals surface area contributed by atoms with Crippen LogP contribution in [0, 0.1) is 5.41 Å². The van der Waals surface area contributed by atoms with Gasteiger partial charge in [-0.05, 0) is 80.8 Å². The van der Waals surface area contributed by atoms with Gasteiger partial charge in [-0.25, -0.2) is 0 Å². The molecule has 3 saturated heterocycles. The first-order valence-corrected chi connectivity index (χ1v) is 14.2. The van der Waals surface area contributed by atoms with Gasteiger partial charge in [-0.1, -0.05) is 20.3 Å². The summed E-state index contributed by atoms with van der Waals surface area (Å²) in [5.41, 5.74) is 2.02. The maximum Gasteiger partial charge on any atom is 0.255 e. The van der Waals surface area contributed by atoms with Gasteiger partial charge in [0.2, 0.25) is 11.8 Å². The number of amides is 3. The number of fused-ring (bicyclic) bond motifs is 1. The van der Waals surface area contributed by atoms with E-state index in [1.54, 1.807) is 4.90 Å². The minimum absolute atomic E-state index is 0.140. The van der Waals surface area contributed by atoms with Gasteiger partial charge < -0.3 is 9.64 Å². The Balaban J connectivity index is 1.08. The predicted octanol–water partition coefficient (Wildman–Crippen LogP) is 2.94. The molecule has 3 amide bonds. The molecule has 1 aromatic carbocycles. The van der Waals surface area contributed by atoms with Gasteiger partial charge in [-0.2, -0.15) is 0 Å².